The first-order chi connectivity index (χ1) is 16.1. The second-order valence-electron chi connectivity index (χ2n) is 7.26. The van der Waals surface area contributed by atoms with E-state index >= 15 is 0 Å². The van der Waals surface area contributed by atoms with Gasteiger partial charge in [-0.3, -0.25) is 10.1 Å². The minimum atomic E-state index is -0.510. The van der Waals surface area contributed by atoms with E-state index in [2.05, 4.69) is 22.4 Å². The van der Waals surface area contributed by atoms with Crippen molar-refractivity contribution in [1.82, 2.24) is 10.2 Å². The molecule has 0 saturated carbocycles. The number of rotatable bonds is 11. The van der Waals surface area contributed by atoms with Crippen LogP contribution in [0.4, 0.5) is 5.13 Å². The molecule has 0 saturated heterocycles. The van der Waals surface area contributed by atoms with Gasteiger partial charge in [0.15, 0.2) is 0 Å². The number of para-hydroxylation sites is 1. The van der Waals surface area contributed by atoms with E-state index < -0.39 is 5.91 Å². The maximum absolute atomic E-state index is 12.5. The number of benzene rings is 2. The van der Waals surface area contributed by atoms with Crippen molar-refractivity contribution in [2.45, 2.75) is 33.1 Å². The molecule has 3 aromatic rings. The molecule has 0 bridgehead atoms. The van der Waals surface area contributed by atoms with E-state index in [1.807, 2.05) is 37.3 Å². The first kappa shape index (κ1) is 24.0. The highest BCUT2D eigenvalue weighted by Gasteiger charge is 2.13. The Bertz CT molecular complexity index is 1130. The highest BCUT2D eigenvalue weighted by molar-refractivity contribution is 7.15. The summed E-state index contributed by atoms with van der Waals surface area (Å²) >= 11 is 1.33. The van der Waals surface area contributed by atoms with Crippen LogP contribution >= 0.6 is 11.3 Å². The van der Waals surface area contributed by atoms with Gasteiger partial charge >= 0.3 is 0 Å². The van der Waals surface area contributed by atoms with Gasteiger partial charge in [0.1, 0.15) is 41.4 Å². The fraction of sp³-hybridized carbons (Fsp3) is 0.280. The van der Waals surface area contributed by atoms with Crippen LogP contribution in [0.15, 0.2) is 54.1 Å². The van der Waals surface area contributed by atoms with Gasteiger partial charge in [0.2, 0.25) is 5.13 Å². The third-order valence-electron chi connectivity index (χ3n) is 4.69. The van der Waals surface area contributed by atoms with Crippen LogP contribution in [0.1, 0.15) is 35.9 Å². The predicted molar refractivity (Wildman–Crippen MR) is 129 cm³/mol. The first-order valence-electron chi connectivity index (χ1n) is 10.8. The zero-order valence-corrected chi connectivity index (χ0v) is 19.5. The molecule has 33 heavy (non-hydrogen) atoms. The normalized spacial score (nSPS) is 11.0. The van der Waals surface area contributed by atoms with Gasteiger partial charge in [-0.15, -0.1) is 10.2 Å². The minimum Gasteiger partial charge on any atom is -0.490 e. The Balaban J connectivity index is 1.51. The van der Waals surface area contributed by atoms with E-state index in [9.17, 15) is 10.1 Å². The van der Waals surface area contributed by atoms with Crippen molar-refractivity contribution in [3.8, 4) is 17.6 Å². The second kappa shape index (κ2) is 12.4. The Kier molecular flexibility index (Phi) is 8.98. The molecule has 1 N–H and O–H groups in total. The molecule has 0 unspecified atom stereocenters. The Labute approximate surface area is 197 Å². The number of aromatic nitrogens is 2. The summed E-state index contributed by atoms with van der Waals surface area (Å²) in [5, 5.41) is 21.4. The van der Waals surface area contributed by atoms with Crippen LogP contribution in [0.3, 0.4) is 0 Å². The van der Waals surface area contributed by atoms with Crippen LogP contribution in [0.2, 0.25) is 0 Å². The lowest BCUT2D eigenvalue weighted by Crippen LogP contribution is -2.13. The van der Waals surface area contributed by atoms with E-state index in [0.29, 0.717) is 29.7 Å². The summed E-state index contributed by atoms with van der Waals surface area (Å²) < 4.78 is 11.4. The largest absolute Gasteiger partial charge is 0.490 e. The molecule has 1 heterocycles. The molecule has 1 amide bonds. The van der Waals surface area contributed by atoms with E-state index in [-0.39, 0.29) is 5.57 Å². The fourth-order valence-electron chi connectivity index (χ4n) is 2.90. The van der Waals surface area contributed by atoms with Crippen molar-refractivity contribution in [2.75, 3.05) is 18.5 Å². The number of unbranched alkanes of at least 4 members (excludes halogenated alkanes) is 1. The number of ether oxygens (including phenoxy) is 2. The zero-order chi connectivity index (χ0) is 23.5. The smallest absolute Gasteiger partial charge is 0.268 e. The van der Waals surface area contributed by atoms with Crippen LogP contribution in [-0.2, 0) is 11.2 Å². The van der Waals surface area contributed by atoms with Gasteiger partial charge < -0.3 is 9.47 Å². The number of carbonyl (C=O) groups excluding carboxylic acids is 1. The monoisotopic (exact) mass is 462 g/mol. The molecule has 2 aromatic carbocycles. The highest BCUT2D eigenvalue weighted by atomic mass is 32.1. The van der Waals surface area contributed by atoms with Gasteiger partial charge in [0.05, 0.1) is 0 Å². The summed E-state index contributed by atoms with van der Waals surface area (Å²) in [6.07, 6.45) is 4.44. The molecule has 0 aliphatic carbocycles. The molecule has 0 radical (unpaired) electrons. The first-order valence-corrected chi connectivity index (χ1v) is 11.6. The summed E-state index contributed by atoms with van der Waals surface area (Å²) in [7, 11) is 0. The number of hydrogen-bond acceptors (Lipinski definition) is 7. The number of nitrogens with zero attached hydrogens (tertiary/aromatic N) is 3. The van der Waals surface area contributed by atoms with E-state index in [1.54, 1.807) is 24.3 Å². The quantitative estimate of drug-likeness (QED) is 0.239. The van der Waals surface area contributed by atoms with Gasteiger partial charge in [0, 0.05) is 6.42 Å². The van der Waals surface area contributed by atoms with Gasteiger partial charge in [-0.25, -0.2) is 0 Å². The lowest BCUT2D eigenvalue weighted by molar-refractivity contribution is -0.112. The topological polar surface area (TPSA) is 97.1 Å². The molecule has 0 aliphatic rings. The van der Waals surface area contributed by atoms with Crippen molar-refractivity contribution in [3.05, 3.63) is 70.2 Å². The van der Waals surface area contributed by atoms with Crippen LogP contribution in [0.25, 0.3) is 6.08 Å². The lowest BCUT2D eigenvalue weighted by Gasteiger charge is -2.10. The molecule has 1 aromatic heterocycles. The van der Waals surface area contributed by atoms with Crippen molar-refractivity contribution in [1.29, 1.82) is 5.26 Å². The zero-order valence-electron chi connectivity index (χ0n) is 18.7. The highest BCUT2D eigenvalue weighted by Crippen LogP contribution is 2.20. The molecule has 0 fully saturated rings. The van der Waals surface area contributed by atoms with Crippen LogP contribution < -0.4 is 14.8 Å². The van der Waals surface area contributed by atoms with Crippen molar-refractivity contribution in [3.63, 3.8) is 0 Å². The molecular weight excluding hydrogens is 436 g/mol. The summed E-state index contributed by atoms with van der Waals surface area (Å²) in [6, 6.07) is 16.9. The maximum Gasteiger partial charge on any atom is 0.268 e. The fourth-order valence-corrected chi connectivity index (χ4v) is 3.68. The Hall–Kier alpha value is -3.70. The Morgan fingerprint density at radius 1 is 1.12 bits per heavy atom. The third kappa shape index (κ3) is 7.44. The van der Waals surface area contributed by atoms with Crippen LogP contribution in [0, 0.1) is 18.3 Å². The second-order valence-corrected chi connectivity index (χ2v) is 8.32. The number of nitriles is 1. The number of hydrogen-bond donors (Lipinski definition) is 1. The third-order valence-corrected chi connectivity index (χ3v) is 5.59. The standard InChI is InChI=1S/C25H26N4O3S/c1-3-4-9-23-28-29-25(33-23)27-24(30)20(17-26)16-19-10-12-21(13-11-19)31-14-15-32-22-8-6-5-7-18(22)2/h5-8,10-13,16H,3-4,9,14-15H2,1-2H3,(H,27,29,30). The Morgan fingerprint density at radius 2 is 1.88 bits per heavy atom. The Morgan fingerprint density at radius 3 is 2.61 bits per heavy atom. The molecule has 7 nitrogen and oxygen atoms in total. The number of aryl methyl sites for hydroxylation is 2. The van der Waals surface area contributed by atoms with Crippen LogP contribution in [0.5, 0.6) is 11.5 Å². The number of anilines is 1. The van der Waals surface area contributed by atoms with Gasteiger partial charge in [-0.1, -0.05) is 55.0 Å². The minimum absolute atomic E-state index is 0.0133. The van der Waals surface area contributed by atoms with Gasteiger partial charge in [0.25, 0.3) is 5.91 Å². The van der Waals surface area contributed by atoms with Gasteiger partial charge in [-0.05, 0) is 48.7 Å². The summed E-state index contributed by atoms with van der Waals surface area (Å²) in [4.78, 5) is 12.5. The number of nitrogens with one attached hydrogen (secondary N) is 1. The number of amides is 1. The molecule has 0 aliphatic heterocycles. The average Bonchev–Trinajstić information content (AvgIpc) is 3.27. The molecule has 0 spiro atoms. The van der Waals surface area contributed by atoms with Gasteiger partial charge in [-0.2, -0.15) is 5.26 Å². The summed E-state index contributed by atoms with van der Waals surface area (Å²) in [5.74, 6) is 1.01. The predicted octanol–water partition coefficient (Wildman–Crippen LogP) is 5.19. The van der Waals surface area contributed by atoms with Crippen LogP contribution in [-0.4, -0.2) is 29.3 Å². The molecule has 8 heteroatoms. The van der Waals surface area contributed by atoms with E-state index in [1.165, 1.54) is 17.4 Å². The average molecular weight is 463 g/mol. The number of carbonyl (C=O) groups is 1. The van der Waals surface area contributed by atoms with Crippen molar-refractivity contribution >= 4 is 28.5 Å². The lowest BCUT2D eigenvalue weighted by atomic mass is 10.1. The summed E-state index contributed by atoms with van der Waals surface area (Å²) in [5.41, 5.74) is 1.78. The maximum atomic E-state index is 12.5. The van der Waals surface area contributed by atoms with E-state index in [4.69, 9.17) is 9.47 Å². The SMILES string of the molecule is CCCCc1nnc(NC(=O)C(C#N)=Cc2ccc(OCCOc3ccccc3C)cc2)s1. The van der Waals surface area contributed by atoms with Crippen molar-refractivity contribution in [2.24, 2.45) is 0 Å². The molecular formula is C25H26N4O3S. The molecule has 3 rings (SSSR count). The molecule has 0 atom stereocenters. The van der Waals surface area contributed by atoms with E-state index in [0.717, 1.165) is 35.6 Å². The molecule has 170 valence electrons. The van der Waals surface area contributed by atoms with Crippen molar-refractivity contribution < 1.29 is 14.3 Å². The summed E-state index contributed by atoms with van der Waals surface area (Å²) in [6.45, 7) is 4.93.